The molecule has 2 aliphatic rings. The van der Waals surface area contributed by atoms with Crippen LogP contribution in [-0.2, 0) is 9.59 Å². The highest BCUT2D eigenvalue weighted by Crippen LogP contribution is 2.50. The average molecular weight is 615 g/mol. The van der Waals surface area contributed by atoms with E-state index in [4.69, 9.17) is 23.7 Å². The molecule has 1 heterocycles. The number of unbranched alkanes of at least 4 members (excludes halogenated alkanes) is 2. The summed E-state index contributed by atoms with van der Waals surface area (Å²) in [6.45, 7) is 2.11. The number of anilines is 2. The molecule has 1 aliphatic carbocycles. The molecule has 1 N–H and O–H groups in total. The van der Waals surface area contributed by atoms with Gasteiger partial charge in [-0.1, -0.05) is 38.0 Å². The quantitative estimate of drug-likeness (QED) is 0.227. The number of ether oxygens (including phenoxy) is 5. The number of nitrogens with zero attached hydrogens (tertiary/aromatic N) is 1. The lowest BCUT2D eigenvalue weighted by molar-refractivity contribution is -0.119. The van der Waals surface area contributed by atoms with Gasteiger partial charge >= 0.3 is 0 Å². The molecule has 3 aromatic carbocycles. The molecule has 45 heavy (non-hydrogen) atoms. The Bertz CT molecular complexity index is 1570. The Balaban J connectivity index is 1.71. The number of methoxy groups -OCH3 is 5. The van der Waals surface area contributed by atoms with Crippen molar-refractivity contribution in [2.24, 2.45) is 0 Å². The number of ketones is 1. The molecule has 0 saturated heterocycles. The van der Waals surface area contributed by atoms with E-state index in [1.165, 1.54) is 0 Å². The van der Waals surface area contributed by atoms with Gasteiger partial charge in [-0.15, -0.1) is 0 Å². The van der Waals surface area contributed by atoms with Gasteiger partial charge in [0.25, 0.3) is 0 Å². The van der Waals surface area contributed by atoms with Gasteiger partial charge in [0, 0.05) is 24.1 Å². The summed E-state index contributed by atoms with van der Waals surface area (Å²) in [5, 5.41) is 3.60. The second kappa shape index (κ2) is 14.0. The minimum atomic E-state index is -0.724. The number of hydrogen-bond acceptors (Lipinski definition) is 8. The van der Waals surface area contributed by atoms with E-state index in [1.807, 2.05) is 54.6 Å². The van der Waals surface area contributed by atoms with Crippen LogP contribution in [0.1, 0.15) is 68.5 Å². The second-order valence-corrected chi connectivity index (χ2v) is 11.3. The molecule has 0 fully saturated rings. The fourth-order valence-electron chi connectivity index (χ4n) is 6.43. The number of carbonyl (C=O) groups is 2. The molecule has 0 saturated carbocycles. The fraction of sp³-hybridized carbons (Fsp3) is 0.389. The standard InChI is InChI=1S/C36H42N2O7/c1-7-8-9-14-33(40)38-27-13-11-10-12-25(27)37-26-17-23(22-15-16-29(41-2)30(19-22)42-3)18-28(39)34(26)35(38)24-20-31(43-4)36(45-6)32(21-24)44-5/h10-13,15-16,19-21,23,35,37H,7-9,14,17-18H2,1-6H3/t23-,35+/m1/s1. The van der Waals surface area contributed by atoms with Crippen LogP contribution in [0.2, 0.25) is 0 Å². The monoisotopic (exact) mass is 614 g/mol. The summed E-state index contributed by atoms with van der Waals surface area (Å²) < 4.78 is 28.1. The van der Waals surface area contributed by atoms with Crippen LogP contribution in [0.3, 0.4) is 0 Å². The summed E-state index contributed by atoms with van der Waals surface area (Å²) in [6.07, 6.45) is 3.87. The number of rotatable bonds is 11. The zero-order chi connectivity index (χ0) is 32.1. The van der Waals surface area contributed by atoms with Gasteiger partial charge in [0.05, 0.1) is 53.0 Å². The molecule has 1 amide bonds. The Kier molecular flexibility index (Phi) is 9.86. The lowest BCUT2D eigenvalue weighted by atomic mass is 9.78. The Morgan fingerprint density at radius 1 is 0.800 bits per heavy atom. The normalized spacial score (nSPS) is 17.5. The second-order valence-electron chi connectivity index (χ2n) is 11.3. The summed E-state index contributed by atoms with van der Waals surface area (Å²) in [5.41, 5.74) is 4.48. The van der Waals surface area contributed by atoms with Gasteiger partial charge in [0.1, 0.15) is 0 Å². The first-order valence-electron chi connectivity index (χ1n) is 15.3. The number of hydrogen-bond donors (Lipinski definition) is 1. The lowest BCUT2D eigenvalue weighted by Gasteiger charge is -2.35. The topological polar surface area (TPSA) is 95.6 Å². The van der Waals surface area contributed by atoms with Crippen molar-refractivity contribution >= 4 is 23.1 Å². The first-order chi connectivity index (χ1) is 21.9. The third-order valence-corrected chi connectivity index (χ3v) is 8.63. The molecule has 1 aliphatic heterocycles. The third-order valence-electron chi connectivity index (χ3n) is 8.63. The zero-order valence-electron chi connectivity index (χ0n) is 26.9. The Hall–Kier alpha value is -4.66. The van der Waals surface area contributed by atoms with Gasteiger partial charge in [0.2, 0.25) is 11.7 Å². The summed E-state index contributed by atoms with van der Waals surface area (Å²) >= 11 is 0. The van der Waals surface area contributed by atoms with E-state index in [2.05, 4.69) is 12.2 Å². The maximum Gasteiger partial charge on any atom is 0.227 e. The van der Waals surface area contributed by atoms with E-state index in [1.54, 1.807) is 40.4 Å². The van der Waals surface area contributed by atoms with Crippen molar-refractivity contribution in [2.75, 3.05) is 45.8 Å². The van der Waals surface area contributed by atoms with Crippen LogP contribution in [0.25, 0.3) is 0 Å². The highest BCUT2D eigenvalue weighted by Gasteiger charge is 2.42. The molecule has 9 heteroatoms. The first-order valence-corrected chi connectivity index (χ1v) is 15.3. The maximum atomic E-state index is 14.5. The van der Waals surface area contributed by atoms with Crippen molar-refractivity contribution in [3.63, 3.8) is 0 Å². The van der Waals surface area contributed by atoms with Gasteiger partial charge in [-0.2, -0.15) is 0 Å². The number of amides is 1. The number of allylic oxidation sites excluding steroid dienone is 1. The van der Waals surface area contributed by atoms with Gasteiger partial charge in [-0.3, -0.25) is 14.5 Å². The number of para-hydroxylation sites is 2. The average Bonchev–Trinajstić information content (AvgIpc) is 3.22. The van der Waals surface area contributed by atoms with Crippen LogP contribution < -0.4 is 33.9 Å². The first kappa shape index (κ1) is 31.8. The summed E-state index contributed by atoms with van der Waals surface area (Å²) in [6, 6.07) is 16.5. The van der Waals surface area contributed by atoms with Gasteiger partial charge in [0.15, 0.2) is 28.8 Å². The Morgan fingerprint density at radius 3 is 2.11 bits per heavy atom. The molecule has 0 spiro atoms. The van der Waals surface area contributed by atoms with Crippen LogP contribution in [0.15, 0.2) is 65.9 Å². The number of nitrogens with one attached hydrogen (secondary N) is 1. The third kappa shape index (κ3) is 6.16. The van der Waals surface area contributed by atoms with E-state index >= 15 is 0 Å². The summed E-state index contributed by atoms with van der Waals surface area (Å²) in [7, 11) is 7.87. The number of carbonyl (C=O) groups excluding carboxylic acids is 2. The van der Waals surface area contributed by atoms with Crippen LogP contribution in [-0.4, -0.2) is 47.2 Å². The van der Waals surface area contributed by atoms with Crippen molar-refractivity contribution < 1.29 is 33.3 Å². The molecule has 0 bridgehead atoms. The lowest BCUT2D eigenvalue weighted by Crippen LogP contribution is -2.38. The van der Waals surface area contributed by atoms with Crippen LogP contribution >= 0.6 is 0 Å². The van der Waals surface area contributed by atoms with Crippen molar-refractivity contribution in [2.45, 2.75) is 57.4 Å². The Morgan fingerprint density at radius 2 is 1.47 bits per heavy atom. The molecule has 3 aromatic rings. The van der Waals surface area contributed by atoms with E-state index in [0.717, 1.165) is 36.2 Å². The molecule has 238 valence electrons. The minimum absolute atomic E-state index is 0.0403. The maximum absolute atomic E-state index is 14.5. The molecular weight excluding hydrogens is 572 g/mol. The van der Waals surface area contributed by atoms with Crippen molar-refractivity contribution in [1.29, 1.82) is 0 Å². The molecule has 2 atom stereocenters. The Labute approximate surface area is 265 Å². The number of Topliss-reactive ketones (excluding diaryl/α,β-unsaturated/α-hetero) is 1. The minimum Gasteiger partial charge on any atom is -0.493 e. The van der Waals surface area contributed by atoms with Crippen molar-refractivity contribution in [1.82, 2.24) is 0 Å². The highest BCUT2D eigenvalue weighted by molar-refractivity contribution is 6.06. The number of fused-ring (bicyclic) bond motifs is 1. The fourth-order valence-corrected chi connectivity index (χ4v) is 6.43. The molecular formula is C36H42N2O7. The van der Waals surface area contributed by atoms with Gasteiger partial charge in [-0.25, -0.2) is 0 Å². The molecule has 5 rings (SSSR count). The van der Waals surface area contributed by atoms with Crippen molar-refractivity contribution in [3.8, 4) is 28.7 Å². The largest absolute Gasteiger partial charge is 0.493 e. The number of benzene rings is 3. The highest BCUT2D eigenvalue weighted by atomic mass is 16.5. The smallest absolute Gasteiger partial charge is 0.227 e. The van der Waals surface area contributed by atoms with E-state index < -0.39 is 6.04 Å². The van der Waals surface area contributed by atoms with E-state index in [0.29, 0.717) is 58.4 Å². The zero-order valence-corrected chi connectivity index (χ0v) is 26.9. The summed E-state index contributed by atoms with van der Waals surface area (Å²) in [5.74, 6) is 2.37. The van der Waals surface area contributed by atoms with Crippen molar-refractivity contribution in [3.05, 3.63) is 77.0 Å². The predicted molar refractivity (Wildman–Crippen MR) is 174 cm³/mol. The SMILES string of the molecule is CCCCCC(=O)N1c2ccccc2NC2=C(C(=O)C[C@H](c3ccc(OC)c(OC)c3)C2)[C@@H]1c1cc(OC)c(OC)c(OC)c1. The van der Waals surface area contributed by atoms with E-state index in [-0.39, 0.29) is 24.0 Å². The van der Waals surface area contributed by atoms with Crippen LogP contribution in [0.4, 0.5) is 11.4 Å². The van der Waals surface area contributed by atoms with Crippen LogP contribution in [0, 0.1) is 0 Å². The van der Waals surface area contributed by atoms with Crippen LogP contribution in [0.5, 0.6) is 28.7 Å². The molecule has 0 unspecified atom stereocenters. The summed E-state index contributed by atoms with van der Waals surface area (Å²) in [4.78, 5) is 30.5. The predicted octanol–water partition coefficient (Wildman–Crippen LogP) is 7.21. The van der Waals surface area contributed by atoms with Gasteiger partial charge in [-0.05, 0) is 66.3 Å². The van der Waals surface area contributed by atoms with E-state index in [9.17, 15) is 9.59 Å². The molecule has 9 nitrogen and oxygen atoms in total. The molecule has 0 radical (unpaired) electrons. The molecule has 0 aromatic heterocycles. The van der Waals surface area contributed by atoms with Gasteiger partial charge < -0.3 is 29.0 Å².